The van der Waals surface area contributed by atoms with Crippen LogP contribution in [0.4, 0.5) is 0 Å². The summed E-state index contributed by atoms with van der Waals surface area (Å²) in [5.41, 5.74) is 4.24. The van der Waals surface area contributed by atoms with E-state index in [0.717, 1.165) is 27.6 Å². The van der Waals surface area contributed by atoms with E-state index in [9.17, 15) is 23.6 Å². The number of carbonyl (C=O) groups is 1. The van der Waals surface area contributed by atoms with Crippen molar-refractivity contribution >= 4 is 26.8 Å². The number of nitrogens with zero attached hydrogens (tertiary/aromatic N) is 4. The molecule has 224 valence electrons. The number of aryl methyl sites for hydroxylation is 1. The molecule has 43 heavy (non-hydrogen) atoms. The lowest BCUT2D eigenvalue weighted by molar-refractivity contribution is -0.0147. The standard InChI is InChI=1S/C33H36N4O5S/c1-22-18-37(23(2)20-38)33(39)32-31(28-14-7-8-15-29(28)36(32)4)27-13-6-5-11-25(27)21-42-30(22)19-35(3)43(40,41)26-12-9-10-24(16-26)17-34/h5-16,22-23,30,38H,18-21H2,1-4H3/t22-,23-,30-/m1/s1. The van der Waals surface area contributed by atoms with Crippen molar-refractivity contribution in [2.45, 2.75) is 37.5 Å². The molecule has 10 heteroatoms. The molecule has 9 nitrogen and oxygen atoms in total. The average molecular weight is 601 g/mol. The molecule has 5 rings (SSSR count). The zero-order valence-corrected chi connectivity index (χ0v) is 25.6. The molecule has 3 atom stereocenters. The summed E-state index contributed by atoms with van der Waals surface area (Å²) in [6.45, 7) is 3.96. The van der Waals surface area contributed by atoms with E-state index < -0.39 is 22.2 Å². The van der Waals surface area contributed by atoms with Crippen molar-refractivity contribution in [2.24, 2.45) is 13.0 Å². The second kappa shape index (κ2) is 12.3. The second-order valence-electron chi connectivity index (χ2n) is 11.2. The Morgan fingerprint density at radius 2 is 1.84 bits per heavy atom. The van der Waals surface area contributed by atoms with Crippen LogP contribution in [0.25, 0.3) is 22.0 Å². The Labute approximate surface area is 252 Å². The summed E-state index contributed by atoms with van der Waals surface area (Å²) >= 11 is 0. The van der Waals surface area contributed by atoms with Crippen LogP contribution in [0, 0.1) is 17.2 Å². The van der Waals surface area contributed by atoms with Gasteiger partial charge >= 0.3 is 0 Å². The number of aliphatic hydroxyl groups excluding tert-OH is 1. The van der Waals surface area contributed by atoms with E-state index in [1.807, 2.05) is 73.1 Å². The molecular formula is C33H36N4O5S. The highest BCUT2D eigenvalue weighted by Gasteiger charge is 2.35. The van der Waals surface area contributed by atoms with Gasteiger partial charge in [0, 0.05) is 49.6 Å². The van der Waals surface area contributed by atoms with Gasteiger partial charge in [-0.05, 0) is 42.3 Å². The minimum absolute atomic E-state index is 0.0217. The number of fused-ring (bicyclic) bond motifs is 5. The van der Waals surface area contributed by atoms with Crippen LogP contribution in [0.2, 0.25) is 0 Å². The summed E-state index contributed by atoms with van der Waals surface area (Å²) in [6.07, 6.45) is -0.592. The normalized spacial score (nSPS) is 18.5. The molecule has 0 fully saturated rings. The maximum atomic E-state index is 14.5. The number of rotatable bonds is 6. The smallest absolute Gasteiger partial charge is 0.271 e. The van der Waals surface area contributed by atoms with Gasteiger partial charge in [0.15, 0.2) is 0 Å². The van der Waals surface area contributed by atoms with Crippen LogP contribution < -0.4 is 0 Å². The quantitative estimate of drug-likeness (QED) is 0.351. The Morgan fingerprint density at radius 1 is 1.12 bits per heavy atom. The van der Waals surface area contributed by atoms with Crippen LogP contribution in [-0.2, 0) is 28.4 Å². The maximum absolute atomic E-state index is 14.5. The predicted octanol–water partition coefficient (Wildman–Crippen LogP) is 4.40. The monoisotopic (exact) mass is 600 g/mol. The average Bonchev–Trinajstić information content (AvgIpc) is 3.31. The van der Waals surface area contributed by atoms with Gasteiger partial charge in [0.2, 0.25) is 10.0 Å². The molecule has 1 aliphatic rings. The Kier molecular flexibility index (Phi) is 8.71. The number of hydrogen-bond acceptors (Lipinski definition) is 6. The first-order valence-electron chi connectivity index (χ1n) is 14.2. The first-order valence-corrected chi connectivity index (χ1v) is 15.7. The minimum Gasteiger partial charge on any atom is -0.394 e. The van der Waals surface area contributed by atoms with Gasteiger partial charge < -0.3 is 19.3 Å². The topological polar surface area (TPSA) is 116 Å². The number of hydrogen-bond donors (Lipinski definition) is 1. The van der Waals surface area contributed by atoms with Crippen LogP contribution in [0.1, 0.15) is 35.5 Å². The Bertz CT molecular complexity index is 1810. The van der Waals surface area contributed by atoms with Gasteiger partial charge in [0.25, 0.3) is 5.91 Å². The van der Waals surface area contributed by atoms with Gasteiger partial charge in [-0.15, -0.1) is 0 Å². The van der Waals surface area contributed by atoms with Crippen molar-refractivity contribution in [1.82, 2.24) is 13.8 Å². The lowest BCUT2D eigenvalue weighted by Gasteiger charge is -2.35. The lowest BCUT2D eigenvalue weighted by Crippen LogP contribution is -2.48. The third kappa shape index (κ3) is 5.69. The molecule has 1 N–H and O–H groups in total. The van der Waals surface area contributed by atoms with Crippen LogP contribution >= 0.6 is 0 Å². The highest BCUT2D eigenvalue weighted by Crippen LogP contribution is 2.38. The predicted molar refractivity (Wildman–Crippen MR) is 165 cm³/mol. The third-order valence-electron chi connectivity index (χ3n) is 8.33. The zero-order valence-electron chi connectivity index (χ0n) is 24.8. The number of ether oxygens (including phenoxy) is 1. The van der Waals surface area contributed by atoms with Gasteiger partial charge in [0.1, 0.15) is 5.69 Å². The minimum atomic E-state index is -3.93. The summed E-state index contributed by atoms with van der Waals surface area (Å²) in [5.74, 6) is -0.517. The van der Waals surface area contributed by atoms with Crippen molar-refractivity contribution in [3.05, 3.63) is 89.6 Å². The molecule has 3 aromatic carbocycles. The van der Waals surface area contributed by atoms with E-state index in [1.165, 1.54) is 23.5 Å². The number of benzene rings is 3. The molecule has 0 unspecified atom stereocenters. The van der Waals surface area contributed by atoms with Gasteiger partial charge in [-0.2, -0.15) is 9.57 Å². The molecule has 0 aliphatic carbocycles. The zero-order chi connectivity index (χ0) is 30.9. The number of carbonyl (C=O) groups excluding carboxylic acids is 1. The number of amides is 1. The third-order valence-corrected chi connectivity index (χ3v) is 10.2. The molecule has 1 aromatic heterocycles. The van der Waals surface area contributed by atoms with Gasteiger partial charge in [-0.25, -0.2) is 8.42 Å². The molecule has 0 saturated heterocycles. The first-order chi connectivity index (χ1) is 20.6. The van der Waals surface area contributed by atoms with Crippen LogP contribution in [0.3, 0.4) is 0 Å². The van der Waals surface area contributed by atoms with Crippen molar-refractivity contribution in [2.75, 3.05) is 26.7 Å². The fourth-order valence-electron chi connectivity index (χ4n) is 5.78. The molecule has 1 amide bonds. The first kappa shape index (κ1) is 30.4. The number of sulfonamides is 1. The molecule has 1 aliphatic heterocycles. The Hall–Kier alpha value is -4.01. The van der Waals surface area contributed by atoms with Crippen LogP contribution in [0.5, 0.6) is 0 Å². The summed E-state index contributed by atoms with van der Waals surface area (Å²) < 4.78 is 36.7. The molecule has 0 bridgehead atoms. The van der Waals surface area contributed by atoms with E-state index in [4.69, 9.17) is 4.74 Å². The Morgan fingerprint density at radius 3 is 2.58 bits per heavy atom. The summed E-state index contributed by atoms with van der Waals surface area (Å²) in [5, 5.41) is 20.4. The molecule has 0 spiro atoms. The fraction of sp³-hybridized carbons (Fsp3) is 0.333. The lowest BCUT2D eigenvalue weighted by atomic mass is 9.96. The van der Waals surface area contributed by atoms with Crippen molar-refractivity contribution < 1.29 is 23.1 Å². The van der Waals surface area contributed by atoms with Crippen molar-refractivity contribution in [3.8, 4) is 17.2 Å². The molecule has 0 saturated carbocycles. The van der Waals surface area contributed by atoms with E-state index in [1.54, 1.807) is 24.0 Å². The summed E-state index contributed by atoms with van der Waals surface area (Å²) in [6, 6.07) is 23.1. The van der Waals surface area contributed by atoms with Crippen molar-refractivity contribution in [1.29, 1.82) is 5.26 Å². The van der Waals surface area contributed by atoms with Crippen molar-refractivity contribution in [3.63, 3.8) is 0 Å². The van der Waals surface area contributed by atoms with Gasteiger partial charge in [-0.1, -0.05) is 55.5 Å². The summed E-state index contributed by atoms with van der Waals surface area (Å²) in [7, 11) is -0.558. The molecular weight excluding hydrogens is 564 g/mol. The second-order valence-corrected chi connectivity index (χ2v) is 13.2. The highest BCUT2D eigenvalue weighted by atomic mass is 32.2. The van der Waals surface area contributed by atoms with E-state index >= 15 is 0 Å². The number of para-hydroxylation sites is 1. The molecule has 2 heterocycles. The summed E-state index contributed by atoms with van der Waals surface area (Å²) in [4.78, 5) is 16.2. The van der Waals surface area contributed by atoms with E-state index in [-0.39, 0.29) is 48.6 Å². The molecule has 0 radical (unpaired) electrons. The Balaban J connectivity index is 1.60. The number of aliphatic hydroxyl groups is 1. The van der Waals surface area contributed by atoms with Gasteiger partial charge in [-0.3, -0.25) is 4.79 Å². The number of aromatic nitrogens is 1. The van der Waals surface area contributed by atoms with Crippen LogP contribution in [0.15, 0.2) is 77.7 Å². The van der Waals surface area contributed by atoms with E-state index in [0.29, 0.717) is 5.69 Å². The van der Waals surface area contributed by atoms with Crippen LogP contribution in [-0.4, -0.2) is 72.1 Å². The van der Waals surface area contributed by atoms with E-state index in [2.05, 4.69) is 0 Å². The fourth-order valence-corrected chi connectivity index (χ4v) is 7.01. The number of nitriles is 1. The largest absolute Gasteiger partial charge is 0.394 e. The number of likely N-dealkylation sites (N-methyl/N-ethyl adjacent to an activating group) is 1. The SMILES string of the molecule is C[C@@H]1CN([C@H](C)CO)C(=O)c2c(c3ccccc3n2C)-c2ccccc2CO[C@@H]1CN(C)S(=O)(=O)c1cccc(C#N)c1. The maximum Gasteiger partial charge on any atom is 0.271 e. The molecule has 4 aromatic rings. The van der Waals surface area contributed by atoms with Gasteiger partial charge in [0.05, 0.1) is 41.9 Å². The highest BCUT2D eigenvalue weighted by molar-refractivity contribution is 7.89.